The molecule has 0 radical (unpaired) electrons. The fourth-order valence-corrected chi connectivity index (χ4v) is 5.71. The summed E-state index contributed by atoms with van der Waals surface area (Å²) in [6.07, 6.45) is 6.39. The summed E-state index contributed by atoms with van der Waals surface area (Å²) in [5.74, 6) is 1.59. The van der Waals surface area contributed by atoms with E-state index < -0.39 is 0 Å². The Bertz CT molecular complexity index is 1310. The molecule has 1 N–H and O–H groups in total. The maximum absolute atomic E-state index is 12.7. The number of amides is 1. The molecular weight excluding hydrogens is 452 g/mol. The number of thioether (sulfide) groups is 1. The number of hydrogen-bond donors (Lipinski definition) is 1. The second kappa shape index (κ2) is 10.6. The zero-order chi connectivity index (χ0) is 24.2. The van der Waals surface area contributed by atoms with Crippen LogP contribution in [0.3, 0.4) is 0 Å². The van der Waals surface area contributed by atoms with Gasteiger partial charge in [0.1, 0.15) is 5.52 Å². The molecule has 0 aliphatic heterocycles. The highest BCUT2D eigenvalue weighted by Gasteiger charge is 2.20. The predicted octanol–water partition coefficient (Wildman–Crippen LogP) is 6.39. The number of benzene rings is 2. The molecule has 35 heavy (non-hydrogen) atoms. The molecule has 5 nitrogen and oxygen atoms in total. The van der Waals surface area contributed by atoms with E-state index in [0.29, 0.717) is 6.04 Å². The van der Waals surface area contributed by atoms with Crippen LogP contribution in [0.2, 0.25) is 0 Å². The van der Waals surface area contributed by atoms with Gasteiger partial charge in [-0.3, -0.25) is 9.36 Å². The van der Waals surface area contributed by atoms with E-state index in [0.717, 1.165) is 52.9 Å². The van der Waals surface area contributed by atoms with Gasteiger partial charge >= 0.3 is 0 Å². The van der Waals surface area contributed by atoms with Crippen molar-refractivity contribution >= 4 is 28.8 Å². The third kappa shape index (κ3) is 5.76. The van der Waals surface area contributed by atoms with Gasteiger partial charge in [-0.1, -0.05) is 60.6 Å². The Morgan fingerprint density at radius 1 is 1.03 bits per heavy atom. The first-order valence-corrected chi connectivity index (χ1v) is 13.4. The minimum atomic E-state index is 0.0368. The first kappa shape index (κ1) is 23.6. The van der Waals surface area contributed by atoms with Crippen LogP contribution in [-0.2, 0) is 12.3 Å². The molecule has 2 heterocycles. The van der Waals surface area contributed by atoms with Crippen LogP contribution in [0.5, 0.6) is 0 Å². The third-order valence-electron chi connectivity index (χ3n) is 6.83. The van der Waals surface area contributed by atoms with Crippen molar-refractivity contribution in [2.75, 3.05) is 0 Å². The minimum absolute atomic E-state index is 0.0368. The van der Waals surface area contributed by atoms with Gasteiger partial charge in [0, 0.05) is 23.6 Å². The van der Waals surface area contributed by atoms with Crippen molar-refractivity contribution in [1.29, 1.82) is 0 Å². The number of hydrogen-bond acceptors (Lipinski definition) is 4. The molecular formula is C29H32N4OS. The molecule has 2 aromatic carbocycles. The summed E-state index contributed by atoms with van der Waals surface area (Å²) >= 11 is 1.70. The molecule has 0 saturated heterocycles. The van der Waals surface area contributed by atoms with Crippen molar-refractivity contribution in [1.82, 2.24) is 19.9 Å². The second-order valence-corrected chi connectivity index (χ2v) is 10.7. The van der Waals surface area contributed by atoms with Crippen LogP contribution in [0.15, 0.2) is 72.0 Å². The summed E-state index contributed by atoms with van der Waals surface area (Å²) in [4.78, 5) is 22.2. The van der Waals surface area contributed by atoms with Crippen LogP contribution in [-0.4, -0.2) is 26.5 Å². The molecule has 1 aliphatic rings. The van der Waals surface area contributed by atoms with Gasteiger partial charge in [-0.05, 0) is 73.9 Å². The van der Waals surface area contributed by atoms with Crippen molar-refractivity contribution < 1.29 is 4.79 Å². The summed E-state index contributed by atoms with van der Waals surface area (Å²) in [5.41, 5.74) is 6.19. The van der Waals surface area contributed by atoms with E-state index >= 15 is 0 Å². The average molecular weight is 485 g/mol. The lowest BCUT2D eigenvalue weighted by molar-refractivity contribution is 0.0923. The number of rotatable bonds is 7. The number of nitrogens with one attached hydrogen (secondary N) is 1. The molecule has 2 aromatic heterocycles. The van der Waals surface area contributed by atoms with Crippen LogP contribution in [0, 0.1) is 12.8 Å². The molecule has 0 atom stereocenters. The zero-order valence-corrected chi connectivity index (χ0v) is 21.2. The van der Waals surface area contributed by atoms with E-state index in [9.17, 15) is 4.79 Å². The smallest absolute Gasteiger partial charge is 0.251 e. The molecule has 1 saturated carbocycles. The number of aryl methyl sites for hydroxylation is 1. The summed E-state index contributed by atoms with van der Waals surface area (Å²) < 4.78 is 2.20. The van der Waals surface area contributed by atoms with Crippen molar-refractivity contribution in [3.8, 4) is 0 Å². The Labute approximate surface area is 211 Å². The van der Waals surface area contributed by atoms with E-state index in [-0.39, 0.29) is 5.91 Å². The van der Waals surface area contributed by atoms with E-state index in [1.54, 1.807) is 11.8 Å². The van der Waals surface area contributed by atoms with Gasteiger partial charge in [-0.2, -0.15) is 0 Å². The highest BCUT2D eigenvalue weighted by molar-refractivity contribution is 7.98. The number of imidazole rings is 1. The van der Waals surface area contributed by atoms with Gasteiger partial charge in [-0.25, -0.2) is 9.97 Å². The lowest BCUT2D eigenvalue weighted by atomic mass is 9.87. The Hall–Kier alpha value is -3.12. The Morgan fingerprint density at radius 2 is 1.83 bits per heavy atom. The molecule has 5 rings (SSSR count). The standard InChI is InChI=1S/C29H32N4OS/c1-20-8-14-25(15-9-20)31-28(34)24-12-10-22(11-13-24)19-35-29-32-26-7-4-16-30-27(26)33(29)18-23-6-3-5-21(2)17-23/h3-7,10-13,16-17,20,25H,8-9,14-15,18-19H2,1-2H3,(H,31,34). The lowest BCUT2D eigenvalue weighted by Gasteiger charge is -2.26. The number of pyridine rings is 1. The fourth-order valence-electron chi connectivity index (χ4n) is 4.76. The molecule has 4 aromatic rings. The van der Waals surface area contributed by atoms with Gasteiger partial charge in [-0.15, -0.1) is 0 Å². The van der Waals surface area contributed by atoms with Gasteiger partial charge < -0.3 is 5.32 Å². The molecule has 1 amide bonds. The number of aromatic nitrogens is 3. The van der Waals surface area contributed by atoms with E-state index in [4.69, 9.17) is 4.98 Å². The Balaban J connectivity index is 1.26. The molecule has 0 spiro atoms. The van der Waals surface area contributed by atoms with Gasteiger partial charge in [0.05, 0.1) is 6.54 Å². The first-order valence-electron chi connectivity index (χ1n) is 12.4. The quantitative estimate of drug-likeness (QED) is 0.309. The molecule has 0 unspecified atom stereocenters. The third-order valence-corrected chi connectivity index (χ3v) is 7.87. The maximum Gasteiger partial charge on any atom is 0.251 e. The minimum Gasteiger partial charge on any atom is -0.349 e. The highest BCUT2D eigenvalue weighted by atomic mass is 32.2. The van der Waals surface area contributed by atoms with Gasteiger partial charge in [0.2, 0.25) is 0 Å². The first-order chi connectivity index (χ1) is 17.0. The maximum atomic E-state index is 12.7. The van der Waals surface area contributed by atoms with Crippen molar-refractivity contribution in [3.63, 3.8) is 0 Å². The summed E-state index contributed by atoms with van der Waals surface area (Å²) in [6, 6.07) is 20.8. The normalized spacial score (nSPS) is 18.0. The number of carbonyl (C=O) groups is 1. The van der Waals surface area contributed by atoms with Crippen LogP contribution >= 0.6 is 11.8 Å². The SMILES string of the molecule is Cc1cccc(Cn2c(SCc3ccc(C(=O)NC4CCC(C)CC4)cc3)nc3cccnc32)c1. The lowest BCUT2D eigenvalue weighted by Crippen LogP contribution is -2.37. The number of nitrogens with zero attached hydrogens (tertiary/aromatic N) is 3. The van der Waals surface area contributed by atoms with Crippen molar-refractivity contribution in [3.05, 3.63) is 89.1 Å². The Morgan fingerprint density at radius 3 is 2.60 bits per heavy atom. The summed E-state index contributed by atoms with van der Waals surface area (Å²) in [7, 11) is 0. The highest BCUT2D eigenvalue weighted by Crippen LogP contribution is 2.27. The van der Waals surface area contributed by atoms with Crippen LogP contribution in [0.1, 0.15) is 59.7 Å². The molecule has 0 bridgehead atoms. The van der Waals surface area contributed by atoms with Crippen LogP contribution < -0.4 is 5.32 Å². The molecule has 180 valence electrons. The van der Waals surface area contributed by atoms with E-state index in [2.05, 4.69) is 65.1 Å². The monoisotopic (exact) mass is 484 g/mol. The topological polar surface area (TPSA) is 59.8 Å². The summed E-state index contributed by atoms with van der Waals surface area (Å²) in [5, 5.41) is 4.17. The van der Waals surface area contributed by atoms with E-state index in [1.165, 1.54) is 29.5 Å². The largest absolute Gasteiger partial charge is 0.349 e. The van der Waals surface area contributed by atoms with E-state index in [1.807, 2.05) is 30.5 Å². The Kier molecular flexibility index (Phi) is 7.19. The second-order valence-electron chi connectivity index (χ2n) is 9.73. The van der Waals surface area contributed by atoms with Crippen LogP contribution in [0.25, 0.3) is 11.2 Å². The number of fused-ring (bicyclic) bond motifs is 1. The van der Waals surface area contributed by atoms with Crippen LogP contribution in [0.4, 0.5) is 0 Å². The van der Waals surface area contributed by atoms with Crippen molar-refractivity contribution in [2.45, 2.75) is 63.0 Å². The molecule has 1 aliphatic carbocycles. The summed E-state index contributed by atoms with van der Waals surface area (Å²) in [6.45, 7) is 5.14. The predicted molar refractivity (Wildman–Crippen MR) is 143 cm³/mol. The fraction of sp³-hybridized carbons (Fsp3) is 0.345. The van der Waals surface area contributed by atoms with Crippen molar-refractivity contribution in [2.24, 2.45) is 5.92 Å². The molecule has 1 fully saturated rings. The van der Waals surface area contributed by atoms with Gasteiger partial charge in [0.25, 0.3) is 5.91 Å². The zero-order valence-electron chi connectivity index (χ0n) is 20.4. The van der Waals surface area contributed by atoms with Gasteiger partial charge in [0.15, 0.2) is 10.8 Å². The molecule has 6 heteroatoms. The average Bonchev–Trinajstić information content (AvgIpc) is 3.21. The number of carbonyl (C=O) groups excluding carboxylic acids is 1.